The van der Waals surface area contributed by atoms with Gasteiger partial charge in [0.1, 0.15) is 11.7 Å². The molecule has 1 aromatic rings. The second kappa shape index (κ2) is 2.69. The summed E-state index contributed by atoms with van der Waals surface area (Å²) in [4.78, 5) is 10.7. The van der Waals surface area contributed by atoms with E-state index in [9.17, 15) is 9.18 Å². The molecule has 1 N–H and O–H groups in total. The number of carbonyl (C=O) groups is 1. The van der Waals surface area contributed by atoms with Crippen LogP contribution >= 0.6 is 0 Å². The molecule has 0 aliphatic heterocycles. The Morgan fingerprint density at radius 3 is 2.92 bits per heavy atom. The minimum atomic E-state index is -1.01. The van der Waals surface area contributed by atoms with Gasteiger partial charge in [0, 0.05) is 5.56 Å². The Morgan fingerprint density at radius 2 is 2.23 bits per heavy atom. The summed E-state index contributed by atoms with van der Waals surface area (Å²) < 4.78 is 13.2. The highest BCUT2D eigenvalue weighted by Gasteiger charge is 2.26. The fraction of sp³-hybridized carbons (Fsp3) is 0.100. The lowest BCUT2D eigenvalue weighted by Crippen LogP contribution is -2.08. The summed E-state index contributed by atoms with van der Waals surface area (Å²) in [6, 6.07) is 4.56. The molecule has 0 fully saturated rings. The van der Waals surface area contributed by atoms with Crippen molar-refractivity contribution in [1.29, 1.82) is 0 Å². The van der Waals surface area contributed by atoms with Crippen molar-refractivity contribution in [2.24, 2.45) is 0 Å². The molecule has 0 bridgehead atoms. The molecule has 1 unspecified atom stereocenters. The van der Waals surface area contributed by atoms with E-state index in [1.165, 1.54) is 12.1 Å². The maximum absolute atomic E-state index is 13.2. The van der Waals surface area contributed by atoms with Crippen LogP contribution < -0.4 is 0 Å². The van der Waals surface area contributed by atoms with Crippen LogP contribution in [0.2, 0.25) is 0 Å². The molecule has 1 aliphatic rings. The number of halogens is 1. The predicted octanol–water partition coefficient (Wildman–Crippen LogP) is 2.02. The van der Waals surface area contributed by atoms with Gasteiger partial charge in [0.15, 0.2) is 0 Å². The van der Waals surface area contributed by atoms with Gasteiger partial charge in [-0.2, -0.15) is 0 Å². The van der Waals surface area contributed by atoms with E-state index in [1.54, 1.807) is 18.2 Å². The molecule has 3 heteroatoms. The minimum Gasteiger partial charge on any atom is -0.481 e. The van der Waals surface area contributed by atoms with Crippen molar-refractivity contribution in [3.63, 3.8) is 0 Å². The summed E-state index contributed by atoms with van der Waals surface area (Å²) in [7, 11) is 0. The van der Waals surface area contributed by atoms with Crippen molar-refractivity contribution < 1.29 is 14.3 Å². The van der Waals surface area contributed by atoms with Crippen LogP contribution in [0.3, 0.4) is 0 Å². The molecule has 13 heavy (non-hydrogen) atoms. The molecule has 2 nitrogen and oxygen atoms in total. The van der Waals surface area contributed by atoms with E-state index in [2.05, 4.69) is 0 Å². The van der Waals surface area contributed by atoms with Crippen LogP contribution in [0.1, 0.15) is 17.0 Å². The highest BCUT2D eigenvalue weighted by Crippen LogP contribution is 2.31. The molecule has 2 rings (SSSR count). The number of aliphatic carboxylic acids is 1. The summed E-state index contributed by atoms with van der Waals surface area (Å²) in [5, 5.41) is 8.77. The van der Waals surface area contributed by atoms with Crippen molar-refractivity contribution in [2.45, 2.75) is 5.92 Å². The van der Waals surface area contributed by atoms with Crippen LogP contribution in [0.4, 0.5) is 4.39 Å². The number of carboxylic acid groups (broad SMARTS) is 1. The van der Waals surface area contributed by atoms with Crippen LogP contribution in [0, 0.1) is 5.82 Å². The van der Waals surface area contributed by atoms with E-state index in [4.69, 9.17) is 5.11 Å². The Labute approximate surface area is 74.3 Å². The molecule has 1 aliphatic carbocycles. The highest BCUT2D eigenvalue weighted by molar-refractivity contribution is 5.85. The Kier molecular flexibility index (Phi) is 1.65. The summed E-state index contributed by atoms with van der Waals surface area (Å²) in [6.07, 6.45) is 3.13. The third-order valence-electron chi connectivity index (χ3n) is 2.13. The van der Waals surface area contributed by atoms with Crippen molar-refractivity contribution in [3.8, 4) is 0 Å². The van der Waals surface area contributed by atoms with Crippen molar-refractivity contribution in [1.82, 2.24) is 0 Å². The van der Waals surface area contributed by atoms with Crippen molar-refractivity contribution in [2.75, 3.05) is 0 Å². The number of benzene rings is 1. The zero-order valence-corrected chi connectivity index (χ0v) is 6.70. The summed E-state index contributed by atoms with van der Waals surface area (Å²) in [5.41, 5.74) is 0.933. The first-order chi connectivity index (χ1) is 6.20. The molecule has 0 radical (unpaired) electrons. The van der Waals surface area contributed by atoms with Crippen LogP contribution in [0.25, 0.3) is 6.08 Å². The number of carboxylic acids is 1. The number of hydrogen-bond acceptors (Lipinski definition) is 1. The van der Waals surface area contributed by atoms with Gasteiger partial charge in [-0.3, -0.25) is 4.79 Å². The molecule has 0 heterocycles. The molecule has 0 aromatic heterocycles. The average molecular weight is 178 g/mol. The van der Waals surface area contributed by atoms with Crippen LogP contribution in [-0.2, 0) is 4.79 Å². The Hall–Kier alpha value is -1.64. The first-order valence-corrected chi connectivity index (χ1v) is 3.89. The van der Waals surface area contributed by atoms with Gasteiger partial charge in [-0.15, -0.1) is 0 Å². The zero-order valence-electron chi connectivity index (χ0n) is 6.70. The Bertz CT molecular complexity index is 396. The first-order valence-electron chi connectivity index (χ1n) is 3.89. The van der Waals surface area contributed by atoms with E-state index >= 15 is 0 Å². The fourth-order valence-electron chi connectivity index (χ4n) is 1.53. The van der Waals surface area contributed by atoms with Crippen LogP contribution in [0.5, 0.6) is 0 Å². The maximum atomic E-state index is 13.2. The monoisotopic (exact) mass is 178 g/mol. The van der Waals surface area contributed by atoms with Gasteiger partial charge < -0.3 is 5.11 Å². The van der Waals surface area contributed by atoms with E-state index in [0.717, 1.165) is 0 Å². The summed E-state index contributed by atoms with van der Waals surface area (Å²) in [5.74, 6) is -2.29. The molecule has 1 atom stereocenters. The zero-order chi connectivity index (χ0) is 9.42. The Morgan fingerprint density at radius 1 is 1.46 bits per heavy atom. The molecular formula is C10H7FO2. The SMILES string of the molecule is O=C(O)C1C=Cc2cccc(F)c21. The number of hydrogen-bond donors (Lipinski definition) is 1. The van der Waals surface area contributed by atoms with Gasteiger partial charge in [-0.25, -0.2) is 4.39 Å². The largest absolute Gasteiger partial charge is 0.481 e. The lowest BCUT2D eigenvalue weighted by Gasteiger charge is -2.05. The van der Waals surface area contributed by atoms with E-state index in [1.807, 2.05) is 0 Å². The Balaban J connectivity index is 2.57. The van der Waals surface area contributed by atoms with Crippen molar-refractivity contribution >= 4 is 12.0 Å². The lowest BCUT2D eigenvalue weighted by atomic mass is 10.0. The number of rotatable bonds is 1. The van der Waals surface area contributed by atoms with E-state index in [-0.39, 0.29) is 5.56 Å². The summed E-state index contributed by atoms with van der Waals surface area (Å²) >= 11 is 0. The highest BCUT2D eigenvalue weighted by atomic mass is 19.1. The van der Waals surface area contributed by atoms with Gasteiger partial charge in [0.25, 0.3) is 0 Å². The molecule has 0 saturated carbocycles. The first kappa shape index (κ1) is 7.98. The molecular weight excluding hydrogens is 171 g/mol. The van der Waals surface area contributed by atoms with Gasteiger partial charge in [-0.1, -0.05) is 24.3 Å². The molecule has 0 amide bonds. The molecule has 66 valence electrons. The van der Waals surface area contributed by atoms with Crippen LogP contribution in [-0.4, -0.2) is 11.1 Å². The second-order valence-electron chi connectivity index (χ2n) is 2.92. The average Bonchev–Trinajstić information content (AvgIpc) is 2.49. The normalized spacial score (nSPS) is 18.7. The minimum absolute atomic E-state index is 0.273. The molecule has 0 saturated heterocycles. The topological polar surface area (TPSA) is 37.3 Å². The summed E-state index contributed by atoms with van der Waals surface area (Å²) in [6.45, 7) is 0. The van der Waals surface area contributed by atoms with Crippen molar-refractivity contribution in [3.05, 3.63) is 41.2 Å². The van der Waals surface area contributed by atoms with E-state index < -0.39 is 17.7 Å². The third kappa shape index (κ3) is 1.13. The predicted molar refractivity (Wildman–Crippen MR) is 45.8 cm³/mol. The second-order valence-corrected chi connectivity index (χ2v) is 2.92. The maximum Gasteiger partial charge on any atom is 0.315 e. The van der Waals surface area contributed by atoms with Gasteiger partial charge in [-0.05, 0) is 11.6 Å². The molecule has 1 aromatic carbocycles. The van der Waals surface area contributed by atoms with Gasteiger partial charge >= 0.3 is 5.97 Å². The quantitative estimate of drug-likeness (QED) is 0.714. The van der Waals surface area contributed by atoms with E-state index in [0.29, 0.717) is 5.56 Å². The smallest absolute Gasteiger partial charge is 0.315 e. The lowest BCUT2D eigenvalue weighted by molar-refractivity contribution is -0.137. The third-order valence-corrected chi connectivity index (χ3v) is 2.13. The fourth-order valence-corrected chi connectivity index (χ4v) is 1.53. The van der Waals surface area contributed by atoms with Crippen LogP contribution in [0.15, 0.2) is 24.3 Å². The van der Waals surface area contributed by atoms with Gasteiger partial charge in [0.05, 0.1) is 0 Å². The molecule has 0 spiro atoms. The van der Waals surface area contributed by atoms with Gasteiger partial charge in [0.2, 0.25) is 0 Å². The standard InChI is InChI=1S/C10H7FO2/c11-8-3-1-2-6-4-5-7(9(6)8)10(12)13/h1-5,7H,(H,12,13). The number of fused-ring (bicyclic) bond motifs is 1.